The van der Waals surface area contributed by atoms with Gasteiger partial charge in [0, 0.05) is 10.5 Å². The van der Waals surface area contributed by atoms with Gasteiger partial charge >= 0.3 is 0 Å². The summed E-state index contributed by atoms with van der Waals surface area (Å²) in [7, 11) is 0. The van der Waals surface area contributed by atoms with Crippen molar-refractivity contribution in [3.05, 3.63) is 58.8 Å². The van der Waals surface area contributed by atoms with Crippen LogP contribution >= 0.6 is 15.9 Å². The first-order chi connectivity index (χ1) is 10.0. The number of hydrogen-bond donors (Lipinski definition) is 1. The smallest absolute Gasteiger partial charge is 0.177 e. The number of aromatic nitrogens is 1. The molecule has 2 aromatic rings. The first-order valence-electron chi connectivity index (χ1n) is 6.31. The molecule has 0 bridgehead atoms. The van der Waals surface area contributed by atoms with Crippen molar-refractivity contribution in [2.45, 2.75) is 12.6 Å². The Balaban J connectivity index is 1.89. The first kappa shape index (κ1) is 15.5. The number of hydrogen-bond acceptors (Lipinski definition) is 4. The predicted molar refractivity (Wildman–Crippen MR) is 76.6 cm³/mol. The van der Waals surface area contributed by atoms with Crippen LogP contribution in [0, 0.1) is 0 Å². The van der Waals surface area contributed by atoms with Crippen molar-refractivity contribution in [2.75, 3.05) is 6.61 Å². The lowest BCUT2D eigenvalue weighted by molar-refractivity contribution is -0.703. The molecule has 0 fully saturated rings. The fourth-order valence-electron chi connectivity index (χ4n) is 1.78. The number of nitrogens with zero attached hydrogens (tertiary/aromatic N) is 1. The molecule has 1 atom stereocenters. The van der Waals surface area contributed by atoms with Crippen molar-refractivity contribution in [1.82, 2.24) is 0 Å². The number of rotatable bonds is 6. The Bertz CT molecular complexity index is 615. The number of benzene rings is 1. The van der Waals surface area contributed by atoms with Gasteiger partial charge in [0.05, 0.1) is 11.5 Å². The van der Waals surface area contributed by atoms with Gasteiger partial charge in [0.15, 0.2) is 18.9 Å². The van der Waals surface area contributed by atoms with Gasteiger partial charge in [-0.25, -0.2) is 4.57 Å². The highest BCUT2D eigenvalue weighted by Crippen LogP contribution is 2.16. The van der Waals surface area contributed by atoms with Gasteiger partial charge < -0.3 is 19.7 Å². The SMILES string of the molecule is O=C([O-])c1ccc[n+](C[C@@H](O)COc2ccc(Br)cc2)c1. The van der Waals surface area contributed by atoms with Crippen LogP contribution in [0.25, 0.3) is 0 Å². The normalized spacial score (nSPS) is 11.9. The lowest BCUT2D eigenvalue weighted by atomic mass is 10.3. The summed E-state index contributed by atoms with van der Waals surface area (Å²) in [4.78, 5) is 10.8. The van der Waals surface area contributed by atoms with Gasteiger partial charge in [-0.1, -0.05) is 15.9 Å². The zero-order valence-electron chi connectivity index (χ0n) is 11.1. The average molecular weight is 352 g/mol. The van der Waals surface area contributed by atoms with Gasteiger partial charge in [-0.05, 0) is 30.3 Å². The number of carbonyl (C=O) groups excluding carboxylic acids is 1. The second-order valence-corrected chi connectivity index (χ2v) is 5.41. The van der Waals surface area contributed by atoms with E-state index in [4.69, 9.17) is 4.74 Å². The zero-order valence-corrected chi connectivity index (χ0v) is 12.7. The second-order valence-electron chi connectivity index (χ2n) is 4.50. The van der Waals surface area contributed by atoms with E-state index in [9.17, 15) is 15.0 Å². The van der Waals surface area contributed by atoms with E-state index >= 15 is 0 Å². The quantitative estimate of drug-likeness (QED) is 0.771. The second kappa shape index (κ2) is 7.19. The molecule has 6 heteroatoms. The monoisotopic (exact) mass is 351 g/mol. The minimum absolute atomic E-state index is 0.0681. The van der Waals surface area contributed by atoms with Crippen LogP contribution in [0.2, 0.25) is 0 Å². The Morgan fingerprint density at radius 2 is 2.05 bits per heavy atom. The van der Waals surface area contributed by atoms with Crippen molar-refractivity contribution >= 4 is 21.9 Å². The van der Waals surface area contributed by atoms with Crippen LogP contribution in [-0.2, 0) is 6.54 Å². The molecular weight excluding hydrogens is 338 g/mol. The molecule has 110 valence electrons. The summed E-state index contributed by atoms with van der Waals surface area (Å²) in [5.41, 5.74) is 0.0681. The van der Waals surface area contributed by atoms with Crippen molar-refractivity contribution in [3.63, 3.8) is 0 Å². The van der Waals surface area contributed by atoms with E-state index in [0.29, 0.717) is 5.75 Å². The summed E-state index contributed by atoms with van der Waals surface area (Å²) in [6.45, 7) is 0.349. The number of carboxylic acids is 1. The highest BCUT2D eigenvalue weighted by atomic mass is 79.9. The summed E-state index contributed by atoms with van der Waals surface area (Å²) >= 11 is 3.33. The minimum atomic E-state index is -1.25. The maximum absolute atomic E-state index is 10.8. The number of aliphatic hydroxyl groups excluding tert-OH is 1. The van der Waals surface area contributed by atoms with Gasteiger partial charge in [0.2, 0.25) is 0 Å². The van der Waals surface area contributed by atoms with Crippen LogP contribution < -0.4 is 14.4 Å². The van der Waals surface area contributed by atoms with Gasteiger partial charge in [-0.15, -0.1) is 0 Å². The third-order valence-corrected chi connectivity index (χ3v) is 3.30. The molecule has 1 heterocycles. The fourth-order valence-corrected chi connectivity index (χ4v) is 2.04. The Hall–Kier alpha value is -1.92. The molecule has 0 unspecified atom stereocenters. The topological polar surface area (TPSA) is 73.5 Å². The highest BCUT2D eigenvalue weighted by Gasteiger charge is 2.12. The molecule has 0 radical (unpaired) electrons. The highest BCUT2D eigenvalue weighted by molar-refractivity contribution is 9.10. The molecule has 0 saturated heterocycles. The molecule has 21 heavy (non-hydrogen) atoms. The molecule has 0 amide bonds. The molecule has 0 aliphatic heterocycles. The molecular formula is C15H14BrNO4. The molecule has 0 aliphatic rings. The molecule has 2 rings (SSSR count). The van der Waals surface area contributed by atoms with E-state index in [1.807, 2.05) is 12.1 Å². The molecule has 0 aliphatic carbocycles. The molecule has 1 aromatic heterocycles. The number of halogens is 1. The lowest BCUT2D eigenvalue weighted by Crippen LogP contribution is -2.42. The summed E-state index contributed by atoms with van der Waals surface area (Å²) in [6, 6.07) is 10.3. The predicted octanol–water partition coefficient (Wildman–Crippen LogP) is 0.540. The van der Waals surface area contributed by atoms with Crippen molar-refractivity contribution in [2.24, 2.45) is 0 Å². The molecule has 5 nitrogen and oxygen atoms in total. The summed E-state index contributed by atoms with van der Waals surface area (Å²) in [5, 5.41) is 20.7. The number of ether oxygens (including phenoxy) is 1. The Labute approximate surface area is 130 Å². The van der Waals surface area contributed by atoms with Crippen LogP contribution in [0.4, 0.5) is 0 Å². The van der Waals surface area contributed by atoms with Crippen LogP contribution in [0.1, 0.15) is 10.4 Å². The third kappa shape index (κ3) is 4.84. The van der Waals surface area contributed by atoms with Crippen LogP contribution in [0.5, 0.6) is 5.75 Å². The molecule has 1 N–H and O–H groups in total. The van der Waals surface area contributed by atoms with Gasteiger partial charge in [0.25, 0.3) is 0 Å². The average Bonchev–Trinajstić information content (AvgIpc) is 2.47. The Kier molecular flexibility index (Phi) is 5.30. The minimum Gasteiger partial charge on any atom is -0.545 e. The third-order valence-electron chi connectivity index (χ3n) is 2.77. The van der Waals surface area contributed by atoms with E-state index in [0.717, 1.165) is 4.47 Å². The van der Waals surface area contributed by atoms with E-state index in [-0.39, 0.29) is 18.7 Å². The molecule has 0 saturated carbocycles. The van der Waals surface area contributed by atoms with Crippen LogP contribution in [-0.4, -0.2) is 23.8 Å². The van der Waals surface area contributed by atoms with Gasteiger partial charge in [-0.2, -0.15) is 0 Å². The van der Waals surface area contributed by atoms with Crippen molar-refractivity contribution in [3.8, 4) is 5.75 Å². The Morgan fingerprint density at radius 1 is 1.33 bits per heavy atom. The first-order valence-corrected chi connectivity index (χ1v) is 7.11. The standard InChI is InChI=1S/C15H14BrNO4/c16-12-3-5-14(6-4-12)21-10-13(18)9-17-7-1-2-11(8-17)15(19)20/h1-8,13,18H,9-10H2/t13-/m1/s1. The van der Waals surface area contributed by atoms with E-state index < -0.39 is 12.1 Å². The maximum atomic E-state index is 10.8. The number of aliphatic hydroxyl groups is 1. The number of carboxylic acid groups (broad SMARTS) is 1. The van der Waals surface area contributed by atoms with Crippen molar-refractivity contribution < 1.29 is 24.3 Å². The van der Waals surface area contributed by atoms with Crippen molar-refractivity contribution in [1.29, 1.82) is 0 Å². The number of carbonyl (C=O) groups is 1. The van der Waals surface area contributed by atoms with Crippen LogP contribution in [0.15, 0.2) is 53.3 Å². The summed E-state index contributed by atoms with van der Waals surface area (Å²) in [5.74, 6) is -0.587. The zero-order chi connectivity index (χ0) is 15.2. The largest absolute Gasteiger partial charge is 0.545 e. The Morgan fingerprint density at radius 3 is 2.71 bits per heavy atom. The number of pyridine rings is 1. The fraction of sp³-hybridized carbons (Fsp3) is 0.200. The summed E-state index contributed by atoms with van der Waals surface area (Å²) in [6.07, 6.45) is 2.34. The van der Waals surface area contributed by atoms with E-state index in [1.165, 1.54) is 12.3 Å². The van der Waals surface area contributed by atoms with Gasteiger partial charge in [0.1, 0.15) is 18.5 Å². The van der Waals surface area contributed by atoms with Crippen LogP contribution in [0.3, 0.4) is 0 Å². The lowest BCUT2D eigenvalue weighted by Gasteiger charge is -2.10. The van der Waals surface area contributed by atoms with Gasteiger partial charge in [-0.3, -0.25) is 0 Å². The number of aromatic carboxylic acids is 1. The molecule has 1 aromatic carbocycles. The van der Waals surface area contributed by atoms with E-state index in [1.54, 1.807) is 29.0 Å². The maximum Gasteiger partial charge on any atom is 0.177 e. The van der Waals surface area contributed by atoms with E-state index in [2.05, 4.69) is 15.9 Å². The molecule has 0 spiro atoms. The summed E-state index contributed by atoms with van der Waals surface area (Å²) < 4.78 is 7.99.